The number of amides is 2. The van der Waals surface area contributed by atoms with E-state index in [1.54, 1.807) is 0 Å². The second-order valence-electron chi connectivity index (χ2n) is 9.90. The maximum atomic E-state index is 12.7. The second-order valence-corrected chi connectivity index (χ2v) is 9.90. The van der Waals surface area contributed by atoms with Gasteiger partial charge in [0.15, 0.2) is 0 Å². The van der Waals surface area contributed by atoms with E-state index in [0.717, 1.165) is 50.1 Å². The number of nitrogens with zero attached hydrogens (tertiary/aromatic N) is 2. The molecular weight excluding hydrogens is 460 g/mol. The van der Waals surface area contributed by atoms with Crippen molar-refractivity contribution < 1.29 is 9.59 Å². The molecule has 6 nitrogen and oxygen atoms in total. The molecule has 2 aliphatic carbocycles. The van der Waals surface area contributed by atoms with Gasteiger partial charge in [0.05, 0.1) is 10.8 Å². The summed E-state index contributed by atoms with van der Waals surface area (Å²) >= 11 is 0. The standard InChI is InChI=1S/2C15H22N2O.CH4/c2*1-3-17(4-2)14(18)15(10-13(15)11-16)12-8-6-5-7-9-12;/h2*5-9,13H,3-4,10-11,16H2,1-2H3;1H4. The molecule has 2 aromatic carbocycles. The molecule has 4 rings (SSSR count). The van der Waals surface area contributed by atoms with Crippen LogP contribution in [0.4, 0.5) is 0 Å². The number of likely N-dealkylation sites (N-methyl/N-ethyl adjacent to an activating group) is 2. The minimum absolute atomic E-state index is 0. The Hall–Kier alpha value is -2.70. The fourth-order valence-electron chi connectivity index (χ4n) is 5.76. The lowest BCUT2D eigenvalue weighted by Crippen LogP contribution is -2.40. The average Bonchev–Trinajstić information content (AvgIpc) is 3.85. The van der Waals surface area contributed by atoms with E-state index < -0.39 is 0 Å². The number of carbonyl (C=O) groups is 2. The summed E-state index contributed by atoms with van der Waals surface area (Å²) in [5.41, 5.74) is 13.1. The third-order valence-corrected chi connectivity index (χ3v) is 8.22. The first-order valence-electron chi connectivity index (χ1n) is 13.5. The molecule has 0 heterocycles. The molecule has 37 heavy (non-hydrogen) atoms. The lowest BCUT2D eigenvalue weighted by Gasteiger charge is -2.26. The summed E-state index contributed by atoms with van der Waals surface area (Å²) in [6.07, 6.45) is 1.78. The molecule has 2 aromatic rings. The molecule has 2 fully saturated rings. The van der Waals surface area contributed by atoms with E-state index >= 15 is 0 Å². The summed E-state index contributed by atoms with van der Waals surface area (Å²) in [5.74, 6) is 1.09. The van der Waals surface area contributed by atoms with Gasteiger partial charge in [0.2, 0.25) is 11.8 Å². The first-order chi connectivity index (χ1) is 17.4. The van der Waals surface area contributed by atoms with Crippen molar-refractivity contribution in [3.8, 4) is 0 Å². The van der Waals surface area contributed by atoms with E-state index in [-0.39, 0.29) is 30.1 Å². The molecule has 0 aromatic heterocycles. The van der Waals surface area contributed by atoms with Crippen molar-refractivity contribution in [1.29, 1.82) is 0 Å². The topological polar surface area (TPSA) is 92.7 Å². The molecule has 2 aliphatic rings. The van der Waals surface area contributed by atoms with Gasteiger partial charge in [-0.05, 0) is 76.6 Å². The van der Waals surface area contributed by atoms with Crippen molar-refractivity contribution in [1.82, 2.24) is 9.80 Å². The molecular formula is C31H48N4O2. The van der Waals surface area contributed by atoms with Crippen molar-refractivity contribution in [3.63, 3.8) is 0 Å². The zero-order valence-corrected chi connectivity index (χ0v) is 22.5. The van der Waals surface area contributed by atoms with Crippen LogP contribution in [-0.4, -0.2) is 60.9 Å². The Morgan fingerprint density at radius 3 is 1.19 bits per heavy atom. The predicted octanol–water partition coefficient (Wildman–Crippen LogP) is 4.18. The molecule has 4 N–H and O–H groups in total. The molecule has 0 bridgehead atoms. The zero-order chi connectivity index (χ0) is 26.3. The Morgan fingerprint density at radius 2 is 0.973 bits per heavy atom. The SMILES string of the molecule is C.CCN(CC)C(=O)C1(c2ccccc2)CC1CN.CCN(CC)C(=O)C1(c2ccccc2)CC1CN. The van der Waals surface area contributed by atoms with Crippen LogP contribution in [0.15, 0.2) is 60.7 Å². The summed E-state index contributed by atoms with van der Waals surface area (Å²) < 4.78 is 0. The molecule has 0 radical (unpaired) electrons. The van der Waals surface area contributed by atoms with Crippen LogP contribution in [0.1, 0.15) is 59.1 Å². The van der Waals surface area contributed by atoms with Crippen LogP contribution in [0.5, 0.6) is 0 Å². The number of carbonyl (C=O) groups excluding carboxylic acids is 2. The van der Waals surface area contributed by atoms with Crippen LogP contribution < -0.4 is 11.5 Å². The van der Waals surface area contributed by atoms with Crippen molar-refractivity contribution in [2.75, 3.05) is 39.3 Å². The minimum Gasteiger partial charge on any atom is -0.342 e. The lowest BCUT2D eigenvalue weighted by molar-refractivity contribution is -0.134. The van der Waals surface area contributed by atoms with Gasteiger partial charge in [0.25, 0.3) is 0 Å². The summed E-state index contributed by atoms with van der Waals surface area (Å²) in [5, 5.41) is 0. The van der Waals surface area contributed by atoms with E-state index in [1.807, 2.05) is 73.9 Å². The molecule has 4 unspecified atom stereocenters. The normalized spacial score (nSPS) is 25.1. The van der Waals surface area contributed by atoms with E-state index in [4.69, 9.17) is 11.5 Å². The Balaban J connectivity index is 0.000000253. The van der Waals surface area contributed by atoms with Gasteiger partial charge in [0.1, 0.15) is 0 Å². The third kappa shape index (κ3) is 5.75. The predicted molar refractivity (Wildman–Crippen MR) is 153 cm³/mol. The Kier molecular flexibility index (Phi) is 10.9. The Labute approximate surface area is 224 Å². The summed E-state index contributed by atoms with van der Waals surface area (Å²) in [4.78, 5) is 29.3. The fourth-order valence-corrected chi connectivity index (χ4v) is 5.76. The van der Waals surface area contributed by atoms with E-state index in [9.17, 15) is 9.59 Å². The minimum atomic E-state index is -0.345. The third-order valence-electron chi connectivity index (χ3n) is 8.22. The van der Waals surface area contributed by atoms with Gasteiger partial charge in [-0.2, -0.15) is 0 Å². The van der Waals surface area contributed by atoms with Gasteiger partial charge in [-0.3, -0.25) is 9.59 Å². The highest BCUT2D eigenvalue weighted by Gasteiger charge is 2.61. The van der Waals surface area contributed by atoms with Crippen LogP contribution in [0, 0.1) is 11.8 Å². The van der Waals surface area contributed by atoms with Crippen molar-refractivity contribution in [2.24, 2.45) is 23.3 Å². The summed E-state index contributed by atoms with van der Waals surface area (Å²) in [6, 6.07) is 20.2. The van der Waals surface area contributed by atoms with Gasteiger partial charge in [0, 0.05) is 26.2 Å². The maximum Gasteiger partial charge on any atom is 0.233 e. The molecule has 0 aliphatic heterocycles. The quantitative estimate of drug-likeness (QED) is 0.504. The fraction of sp³-hybridized carbons (Fsp3) is 0.548. The zero-order valence-electron chi connectivity index (χ0n) is 22.5. The Morgan fingerprint density at radius 1 is 0.676 bits per heavy atom. The molecule has 204 valence electrons. The maximum absolute atomic E-state index is 12.7. The molecule has 2 amide bonds. The molecule has 0 saturated heterocycles. The highest BCUT2D eigenvalue weighted by molar-refractivity contribution is 5.92. The van der Waals surface area contributed by atoms with Gasteiger partial charge < -0.3 is 21.3 Å². The van der Waals surface area contributed by atoms with Gasteiger partial charge in [-0.1, -0.05) is 68.1 Å². The van der Waals surface area contributed by atoms with Crippen molar-refractivity contribution in [3.05, 3.63) is 71.8 Å². The smallest absolute Gasteiger partial charge is 0.233 e. The molecule has 4 atom stereocenters. The lowest BCUT2D eigenvalue weighted by atomic mass is 9.91. The van der Waals surface area contributed by atoms with E-state index in [1.165, 1.54) is 0 Å². The first kappa shape index (κ1) is 30.5. The van der Waals surface area contributed by atoms with Crippen molar-refractivity contribution >= 4 is 11.8 Å². The highest BCUT2D eigenvalue weighted by atomic mass is 16.2. The number of hydrogen-bond donors (Lipinski definition) is 2. The van der Waals surface area contributed by atoms with Gasteiger partial charge in [-0.25, -0.2) is 0 Å². The van der Waals surface area contributed by atoms with E-state index in [0.29, 0.717) is 24.9 Å². The van der Waals surface area contributed by atoms with Crippen LogP contribution in [0.2, 0.25) is 0 Å². The van der Waals surface area contributed by atoms with Crippen molar-refractivity contribution in [2.45, 2.75) is 58.8 Å². The number of hydrogen-bond acceptors (Lipinski definition) is 4. The molecule has 6 heteroatoms. The van der Waals surface area contributed by atoms with Crippen LogP contribution >= 0.6 is 0 Å². The van der Waals surface area contributed by atoms with Crippen LogP contribution in [0.3, 0.4) is 0 Å². The van der Waals surface area contributed by atoms with Crippen LogP contribution in [0.25, 0.3) is 0 Å². The summed E-state index contributed by atoms with van der Waals surface area (Å²) in [7, 11) is 0. The average molecular weight is 509 g/mol. The largest absolute Gasteiger partial charge is 0.342 e. The van der Waals surface area contributed by atoms with Crippen LogP contribution in [-0.2, 0) is 20.4 Å². The monoisotopic (exact) mass is 508 g/mol. The number of benzene rings is 2. The molecule has 2 saturated carbocycles. The highest BCUT2D eigenvalue weighted by Crippen LogP contribution is 2.55. The van der Waals surface area contributed by atoms with Gasteiger partial charge in [-0.15, -0.1) is 0 Å². The first-order valence-corrected chi connectivity index (χ1v) is 13.5. The Bertz CT molecular complexity index is 909. The number of rotatable bonds is 10. The van der Waals surface area contributed by atoms with Gasteiger partial charge >= 0.3 is 0 Å². The number of nitrogens with two attached hydrogens (primary N) is 2. The summed E-state index contributed by atoms with van der Waals surface area (Å²) in [6.45, 7) is 12.3. The van der Waals surface area contributed by atoms with E-state index in [2.05, 4.69) is 24.3 Å². The molecule has 0 spiro atoms. The second kappa shape index (κ2) is 13.2.